The van der Waals surface area contributed by atoms with Crippen molar-refractivity contribution in [3.05, 3.63) is 112 Å². The lowest BCUT2D eigenvalue weighted by Gasteiger charge is -2.20. The summed E-state index contributed by atoms with van der Waals surface area (Å²) in [6.45, 7) is 0. The Morgan fingerprint density at radius 1 is 0.786 bits per heavy atom. The van der Waals surface area contributed by atoms with Crippen LogP contribution in [0.15, 0.2) is 97.1 Å². The van der Waals surface area contributed by atoms with Gasteiger partial charge in [-0.3, -0.25) is 4.79 Å². The van der Waals surface area contributed by atoms with E-state index in [-0.39, 0.29) is 11.8 Å². The fraction of sp³-hybridized carbons (Fsp3) is 0.0800. The molecule has 0 heterocycles. The minimum absolute atomic E-state index is 0.0831. The van der Waals surface area contributed by atoms with E-state index in [1.165, 1.54) is 3.57 Å². The van der Waals surface area contributed by atoms with Crippen LogP contribution in [0.5, 0.6) is 0 Å². The molecule has 0 saturated carbocycles. The first-order valence-electron chi connectivity index (χ1n) is 9.28. The minimum Gasteiger partial charge on any atom is -0.378 e. The molecule has 138 valence electrons. The van der Waals surface area contributed by atoms with Crippen LogP contribution < -0.4 is 5.32 Å². The van der Waals surface area contributed by atoms with E-state index in [1.807, 2.05) is 54.6 Å². The molecule has 1 unspecified atom stereocenters. The Labute approximate surface area is 178 Å². The van der Waals surface area contributed by atoms with Gasteiger partial charge >= 0.3 is 0 Å². The second-order valence-electron chi connectivity index (χ2n) is 6.80. The average Bonchev–Trinajstić information content (AvgIpc) is 2.75. The number of anilines is 1. The lowest BCUT2D eigenvalue weighted by Crippen LogP contribution is -2.15. The SMILES string of the molecule is O=C(CC(Nc1ccc(I)cc1)c1ccccc1)c1ccc2ccccc2c1. The number of nitrogens with one attached hydrogen (secondary N) is 1. The number of fused-ring (bicyclic) bond motifs is 1. The lowest BCUT2D eigenvalue weighted by atomic mass is 9.96. The van der Waals surface area contributed by atoms with Crippen LogP contribution in [-0.2, 0) is 0 Å². The highest BCUT2D eigenvalue weighted by Gasteiger charge is 2.17. The molecule has 0 aliphatic rings. The molecule has 2 nitrogen and oxygen atoms in total. The fourth-order valence-electron chi connectivity index (χ4n) is 3.35. The van der Waals surface area contributed by atoms with Crippen molar-refractivity contribution in [1.29, 1.82) is 0 Å². The van der Waals surface area contributed by atoms with Gasteiger partial charge in [0.2, 0.25) is 0 Å². The van der Waals surface area contributed by atoms with Crippen molar-refractivity contribution in [1.82, 2.24) is 0 Å². The molecule has 0 aliphatic carbocycles. The number of Topliss-reactive ketones (excluding diaryl/α,β-unsaturated/α-hetero) is 1. The molecule has 28 heavy (non-hydrogen) atoms. The summed E-state index contributed by atoms with van der Waals surface area (Å²) >= 11 is 2.29. The maximum atomic E-state index is 13.1. The Kier molecular flexibility index (Phi) is 5.72. The van der Waals surface area contributed by atoms with Gasteiger partial charge < -0.3 is 5.32 Å². The predicted octanol–water partition coefficient (Wildman–Crippen LogP) is 6.87. The Morgan fingerprint density at radius 3 is 2.21 bits per heavy atom. The number of benzene rings is 4. The fourth-order valence-corrected chi connectivity index (χ4v) is 3.71. The van der Waals surface area contributed by atoms with Gasteiger partial charge in [-0.15, -0.1) is 0 Å². The van der Waals surface area contributed by atoms with Crippen molar-refractivity contribution in [2.24, 2.45) is 0 Å². The maximum Gasteiger partial charge on any atom is 0.165 e. The standard InChI is InChI=1S/C25H20INO/c26-22-12-14-23(15-13-22)27-24(19-7-2-1-3-8-19)17-25(28)21-11-10-18-6-4-5-9-20(18)16-21/h1-16,24,27H,17H2. The lowest BCUT2D eigenvalue weighted by molar-refractivity contribution is 0.0976. The first-order valence-corrected chi connectivity index (χ1v) is 10.4. The maximum absolute atomic E-state index is 13.1. The monoisotopic (exact) mass is 477 g/mol. The van der Waals surface area contributed by atoms with Crippen molar-refractivity contribution in [2.75, 3.05) is 5.32 Å². The molecule has 1 atom stereocenters. The summed E-state index contributed by atoms with van der Waals surface area (Å²) in [5.74, 6) is 0.137. The molecule has 0 fully saturated rings. The third-order valence-electron chi connectivity index (χ3n) is 4.85. The molecule has 0 aromatic heterocycles. The number of hydrogen-bond donors (Lipinski definition) is 1. The molecule has 0 radical (unpaired) electrons. The summed E-state index contributed by atoms with van der Waals surface area (Å²) in [6, 6.07) is 32.4. The van der Waals surface area contributed by atoms with E-state index < -0.39 is 0 Å². The molecule has 0 saturated heterocycles. The van der Waals surface area contributed by atoms with Gasteiger partial charge in [0.25, 0.3) is 0 Å². The Morgan fingerprint density at radius 2 is 1.46 bits per heavy atom. The molecule has 0 spiro atoms. The quantitative estimate of drug-likeness (QED) is 0.243. The van der Waals surface area contributed by atoms with E-state index in [2.05, 4.69) is 70.4 Å². The van der Waals surface area contributed by atoms with Crippen molar-refractivity contribution in [3.63, 3.8) is 0 Å². The molecular weight excluding hydrogens is 457 g/mol. The number of hydrogen-bond acceptors (Lipinski definition) is 2. The van der Waals surface area contributed by atoms with Crippen LogP contribution in [0.1, 0.15) is 28.4 Å². The average molecular weight is 477 g/mol. The minimum atomic E-state index is -0.0831. The molecule has 4 rings (SSSR count). The van der Waals surface area contributed by atoms with Gasteiger partial charge in [-0.05, 0) is 69.3 Å². The molecule has 0 bridgehead atoms. The van der Waals surface area contributed by atoms with Crippen LogP contribution in [0.25, 0.3) is 10.8 Å². The van der Waals surface area contributed by atoms with E-state index in [1.54, 1.807) is 0 Å². The Hall–Kier alpha value is -2.66. The zero-order valence-electron chi connectivity index (χ0n) is 15.3. The molecule has 4 aromatic rings. The van der Waals surface area contributed by atoms with E-state index in [9.17, 15) is 4.79 Å². The summed E-state index contributed by atoms with van der Waals surface area (Å²) < 4.78 is 1.19. The Balaban J connectivity index is 1.60. The highest BCUT2D eigenvalue weighted by Crippen LogP contribution is 2.26. The number of carbonyl (C=O) groups excluding carboxylic acids is 1. The van der Waals surface area contributed by atoms with Gasteiger partial charge in [0.1, 0.15) is 0 Å². The largest absolute Gasteiger partial charge is 0.378 e. The van der Waals surface area contributed by atoms with Gasteiger partial charge in [-0.2, -0.15) is 0 Å². The zero-order chi connectivity index (χ0) is 19.3. The van der Waals surface area contributed by atoms with Gasteiger partial charge in [-0.1, -0.05) is 66.7 Å². The Bertz CT molecular complexity index is 1090. The first-order chi connectivity index (χ1) is 13.7. The molecule has 0 amide bonds. The smallest absolute Gasteiger partial charge is 0.165 e. The topological polar surface area (TPSA) is 29.1 Å². The number of rotatable bonds is 6. The van der Waals surface area contributed by atoms with E-state index >= 15 is 0 Å². The summed E-state index contributed by atoms with van der Waals surface area (Å²) in [5, 5.41) is 5.78. The third-order valence-corrected chi connectivity index (χ3v) is 5.57. The summed E-state index contributed by atoms with van der Waals surface area (Å²) in [7, 11) is 0. The summed E-state index contributed by atoms with van der Waals surface area (Å²) in [5.41, 5.74) is 2.87. The van der Waals surface area contributed by atoms with Gasteiger partial charge in [0.15, 0.2) is 5.78 Å². The number of halogens is 1. The normalized spacial score (nSPS) is 11.9. The van der Waals surface area contributed by atoms with Gasteiger partial charge in [-0.25, -0.2) is 0 Å². The zero-order valence-corrected chi connectivity index (χ0v) is 17.5. The van der Waals surface area contributed by atoms with Crippen molar-refractivity contribution in [2.45, 2.75) is 12.5 Å². The highest BCUT2D eigenvalue weighted by molar-refractivity contribution is 14.1. The number of ketones is 1. The van der Waals surface area contributed by atoms with Crippen LogP contribution in [0.4, 0.5) is 5.69 Å². The molecule has 0 aliphatic heterocycles. The van der Waals surface area contributed by atoms with E-state index in [4.69, 9.17) is 0 Å². The van der Waals surface area contributed by atoms with Crippen LogP contribution in [0, 0.1) is 3.57 Å². The second kappa shape index (κ2) is 8.57. The van der Waals surface area contributed by atoms with Crippen molar-refractivity contribution >= 4 is 44.8 Å². The molecule has 1 N–H and O–H groups in total. The summed E-state index contributed by atoms with van der Waals surface area (Å²) in [4.78, 5) is 13.1. The van der Waals surface area contributed by atoms with Crippen LogP contribution in [-0.4, -0.2) is 5.78 Å². The number of carbonyl (C=O) groups is 1. The highest BCUT2D eigenvalue weighted by atomic mass is 127. The first kappa shape index (κ1) is 18.7. The van der Waals surface area contributed by atoms with Crippen molar-refractivity contribution < 1.29 is 4.79 Å². The molecule has 4 aromatic carbocycles. The van der Waals surface area contributed by atoms with Crippen LogP contribution in [0.3, 0.4) is 0 Å². The second-order valence-corrected chi connectivity index (χ2v) is 8.05. The van der Waals surface area contributed by atoms with Crippen LogP contribution >= 0.6 is 22.6 Å². The van der Waals surface area contributed by atoms with E-state index in [0.29, 0.717) is 6.42 Å². The predicted molar refractivity (Wildman–Crippen MR) is 125 cm³/mol. The van der Waals surface area contributed by atoms with E-state index in [0.717, 1.165) is 27.6 Å². The summed E-state index contributed by atoms with van der Waals surface area (Å²) in [6.07, 6.45) is 0.397. The van der Waals surface area contributed by atoms with Crippen molar-refractivity contribution in [3.8, 4) is 0 Å². The van der Waals surface area contributed by atoms with Gasteiger partial charge in [0, 0.05) is 21.2 Å². The molecular formula is C25H20INO. The molecule has 3 heteroatoms. The third kappa shape index (κ3) is 4.42. The van der Waals surface area contributed by atoms with Gasteiger partial charge in [0.05, 0.1) is 6.04 Å². The van der Waals surface area contributed by atoms with Crippen LogP contribution in [0.2, 0.25) is 0 Å².